The Morgan fingerprint density at radius 2 is 2.14 bits per heavy atom. The normalized spacial score (nSPS) is 16.5. The molecule has 21 heavy (non-hydrogen) atoms. The maximum Gasteiger partial charge on any atom is 0.156 e. The number of nitrogens with zero attached hydrogens (tertiary/aromatic N) is 4. The summed E-state index contributed by atoms with van der Waals surface area (Å²) in [6.07, 6.45) is 7.45. The van der Waals surface area contributed by atoms with Gasteiger partial charge in [-0.05, 0) is 44.3 Å². The number of aromatic nitrogens is 3. The average Bonchev–Trinajstić information content (AvgIpc) is 2.90. The number of imidazole rings is 1. The van der Waals surface area contributed by atoms with Crippen LogP contribution in [-0.2, 0) is 7.05 Å². The predicted octanol–water partition coefficient (Wildman–Crippen LogP) is 2.18. The first kappa shape index (κ1) is 14.3. The summed E-state index contributed by atoms with van der Waals surface area (Å²) in [6, 6.07) is 2.04. The molecule has 0 atom stereocenters. The molecule has 3 heterocycles. The van der Waals surface area contributed by atoms with Crippen molar-refractivity contribution in [2.45, 2.75) is 26.2 Å². The molecule has 1 saturated heterocycles. The summed E-state index contributed by atoms with van der Waals surface area (Å²) < 4.78 is 2.06. The lowest BCUT2D eigenvalue weighted by Crippen LogP contribution is -2.37. The summed E-state index contributed by atoms with van der Waals surface area (Å²) in [5.41, 5.74) is 2.19. The van der Waals surface area contributed by atoms with Gasteiger partial charge in [0, 0.05) is 26.3 Å². The van der Waals surface area contributed by atoms with Crippen molar-refractivity contribution in [3.63, 3.8) is 0 Å². The first-order valence-corrected chi connectivity index (χ1v) is 8.01. The van der Waals surface area contributed by atoms with Crippen molar-refractivity contribution in [1.29, 1.82) is 0 Å². The third kappa shape index (κ3) is 3.02. The van der Waals surface area contributed by atoms with Crippen LogP contribution in [0.1, 0.15) is 26.2 Å². The number of aryl methyl sites for hydroxylation is 1. The van der Waals surface area contributed by atoms with Gasteiger partial charge in [-0.1, -0.05) is 6.92 Å². The second-order valence-corrected chi connectivity index (χ2v) is 6.00. The molecule has 0 amide bonds. The first-order valence-electron chi connectivity index (χ1n) is 8.01. The van der Waals surface area contributed by atoms with E-state index in [4.69, 9.17) is 0 Å². The maximum absolute atomic E-state index is 4.64. The molecule has 1 aliphatic heterocycles. The second kappa shape index (κ2) is 6.43. The van der Waals surface area contributed by atoms with E-state index in [1.165, 1.54) is 12.8 Å². The van der Waals surface area contributed by atoms with Crippen LogP contribution in [0.15, 0.2) is 18.6 Å². The molecule has 1 N–H and O–H groups in total. The van der Waals surface area contributed by atoms with Crippen molar-refractivity contribution >= 4 is 16.9 Å². The Kier molecular flexibility index (Phi) is 4.39. The van der Waals surface area contributed by atoms with Gasteiger partial charge in [-0.25, -0.2) is 9.97 Å². The summed E-state index contributed by atoms with van der Waals surface area (Å²) in [6.45, 7) is 6.66. The van der Waals surface area contributed by atoms with E-state index >= 15 is 0 Å². The molecule has 5 nitrogen and oxygen atoms in total. The molecule has 0 unspecified atom stereocenters. The van der Waals surface area contributed by atoms with E-state index < -0.39 is 0 Å². The van der Waals surface area contributed by atoms with Crippen LogP contribution in [0.3, 0.4) is 0 Å². The van der Waals surface area contributed by atoms with Gasteiger partial charge in [0.05, 0.1) is 11.8 Å². The van der Waals surface area contributed by atoms with Gasteiger partial charge in [0.1, 0.15) is 5.52 Å². The van der Waals surface area contributed by atoms with Crippen molar-refractivity contribution in [3.8, 4) is 0 Å². The predicted molar refractivity (Wildman–Crippen MR) is 86.6 cm³/mol. The number of piperidine rings is 1. The smallest absolute Gasteiger partial charge is 0.156 e. The zero-order valence-electron chi connectivity index (χ0n) is 13.0. The van der Waals surface area contributed by atoms with E-state index in [2.05, 4.69) is 31.7 Å². The molecule has 1 aliphatic rings. The summed E-state index contributed by atoms with van der Waals surface area (Å²) in [5, 5.41) is 3.44. The highest BCUT2D eigenvalue weighted by Gasteiger charge is 2.20. The molecule has 3 rings (SSSR count). The second-order valence-electron chi connectivity index (χ2n) is 6.00. The largest absolute Gasteiger partial charge is 0.354 e. The third-order valence-electron chi connectivity index (χ3n) is 4.35. The van der Waals surface area contributed by atoms with Crippen LogP contribution in [-0.4, -0.2) is 40.7 Å². The van der Waals surface area contributed by atoms with Crippen molar-refractivity contribution in [2.75, 3.05) is 31.1 Å². The minimum absolute atomic E-state index is 0.763. The third-order valence-corrected chi connectivity index (χ3v) is 4.35. The van der Waals surface area contributed by atoms with Gasteiger partial charge in [-0.15, -0.1) is 0 Å². The van der Waals surface area contributed by atoms with E-state index in [1.54, 1.807) is 0 Å². The van der Waals surface area contributed by atoms with Crippen LogP contribution < -0.4 is 10.2 Å². The Bertz CT molecular complexity index is 585. The van der Waals surface area contributed by atoms with Crippen LogP contribution in [0.5, 0.6) is 0 Å². The molecule has 1 fully saturated rings. The van der Waals surface area contributed by atoms with E-state index in [-0.39, 0.29) is 0 Å². The van der Waals surface area contributed by atoms with Gasteiger partial charge in [0.15, 0.2) is 5.82 Å². The summed E-state index contributed by atoms with van der Waals surface area (Å²) in [7, 11) is 2.04. The highest BCUT2D eigenvalue weighted by molar-refractivity contribution is 5.86. The lowest BCUT2D eigenvalue weighted by molar-refractivity contribution is 0.373. The standard InChI is InChI=1S/C16H25N5/c1-3-10-21(11-13-4-7-17-8-5-13)16-15-14(6-9-18-16)20(2)12-19-15/h6,9,12-13,17H,3-5,7-8,10-11H2,1-2H3. The fourth-order valence-electron chi connectivity index (χ4n) is 3.21. The summed E-state index contributed by atoms with van der Waals surface area (Å²) >= 11 is 0. The Morgan fingerprint density at radius 1 is 1.33 bits per heavy atom. The zero-order valence-corrected chi connectivity index (χ0v) is 13.0. The van der Waals surface area contributed by atoms with E-state index in [1.807, 2.05) is 25.6 Å². The van der Waals surface area contributed by atoms with Crippen LogP contribution in [0.2, 0.25) is 0 Å². The zero-order chi connectivity index (χ0) is 14.7. The molecule has 0 aromatic carbocycles. The number of pyridine rings is 1. The number of nitrogens with one attached hydrogen (secondary N) is 1. The number of anilines is 1. The molecule has 0 aliphatic carbocycles. The Labute approximate surface area is 126 Å². The van der Waals surface area contributed by atoms with E-state index in [9.17, 15) is 0 Å². The fourth-order valence-corrected chi connectivity index (χ4v) is 3.21. The molecule has 2 aromatic rings. The Balaban J connectivity index is 1.87. The van der Waals surface area contributed by atoms with E-state index in [0.29, 0.717) is 0 Å². The molecule has 0 radical (unpaired) electrons. The Morgan fingerprint density at radius 3 is 2.90 bits per heavy atom. The summed E-state index contributed by atoms with van der Waals surface area (Å²) in [4.78, 5) is 11.6. The monoisotopic (exact) mass is 287 g/mol. The van der Waals surface area contributed by atoms with Gasteiger partial charge in [-0.3, -0.25) is 0 Å². The number of rotatable bonds is 5. The maximum atomic E-state index is 4.64. The van der Waals surface area contributed by atoms with Crippen LogP contribution >= 0.6 is 0 Å². The van der Waals surface area contributed by atoms with Gasteiger partial charge in [0.25, 0.3) is 0 Å². The van der Waals surface area contributed by atoms with Gasteiger partial charge < -0.3 is 14.8 Å². The molecule has 0 bridgehead atoms. The van der Waals surface area contributed by atoms with Crippen molar-refractivity contribution in [3.05, 3.63) is 18.6 Å². The molecule has 2 aromatic heterocycles. The number of hydrogen-bond donors (Lipinski definition) is 1. The van der Waals surface area contributed by atoms with Gasteiger partial charge in [-0.2, -0.15) is 0 Å². The minimum atomic E-state index is 0.763. The van der Waals surface area contributed by atoms with Crippen molar-refractivity contribution < 1.29 is 0 Å². The molecule has 114 valence electrons. The van der Waals surface area contributed by atoms with Gasteiger partial charge in [0.2, 0.25) is 0 Å². The summed E-state index contributed by atoms with van der Waals surface area (Å²) in [5.74, 6) is 1.81. The molecule has 5 heteroatoms. The lowest BCUT2D eigenvalue weighted by atomic mass is 9.97. The highest BCUT2D eigenvalue weighted by Crippen LogP contribution is 2.25. The molecular formula is C16H25N5. The fraction of sp³-hybridized carbons (Fsp3) is 0.625. The SMILES string of the molecule is CCCN(CC1CCNCC1)c1nccc2c1ncn2C. The van der Waals surface area contributed by atoms with Crippen LogP contribution in [0, 0.1) is 5.92 Å². The van der Waals surface area contributed by atoms with Crippen molar-refractivity contribution in [1.82, 2.24) is 19.9 Å². The highest BCUT2D eigenvalue weighted by atomic mass is 15.2. The number of fused-ring (bicyclic) bond motifs is 1. The van der Waals surface area contributed by atoms with Gasteiger partial charge >= 0.3 is 0 Å². The number of hydrogen-bond acceptors (Lipinski definition) is 4. The lowest BCUT2D eigenvalue weighted by Gasteiger charge is -2.30. The molecule has 0 spiro atoms. The average molecular weight is 287 g/mol. The van der Waals surface area contributed by atoms with E-state index in [0.717, 1.165) is 55.4 Å². The molecular weight excluding hydrogens is 262 g/mol. The van der Waals surface area contributed by atoms with Crippen molar-refractivity contribution in [2.24, 2.45) is 13.0 Å². The minimum Gasteiger partial charge on any atom is -0.354 e. The molecule has 0 saturated carbocycles. The Hall–Kier alpha value is -1.62. The van der Waals surface area contributed by atoms with Crippen LogP contribution in [0.4, 0.5) is 5.82 Å². The quantitative estimate of drug-likeness (QED) is 0.915. The topological polar surface area (TPSA) is 46.0 Å². The first-order chi connectivity index (χ1) is 10.3. The van der Waals surface area contributed by atoms with Crippen LogP contribution in [0.25, 0.3) is 11.0 Å².